The van der Waals surface area contributed by atoms with Gasteiger partial charge in [0.15, 0.2) is 5.13 Å². The Kier molecular flexibility index (Phi) is 8.69. The van der Waals surface area contributed by atoms with Gasteiger partial charge in [-0.1, -0.05) is 17.4 Å². The molecule has 2 heterocycles. The van der Waals surface area contributed by atoms with E-state index in [0.717, 1.165) is 38.9 Å². The lowest BCUT2D eigenvalue weighted by molar-refractivity contribution is -0.118. The second-order valence-electron chi connectivity index (χ2n) is 6.52. The summed E-state index contributed by atoms with van der Waals surface area (Å²) in [6.07, 6.45) is 1.32. The first-order chi connectivity index (χ1) is 13.1. The van der Waals surface area contributed by atoms with Crippen LogP contribution in [0.4, 0.5) is 5.13 Å². The number of benzene rings is 1. The first-order valence-corrected chi connectivity index (χ1v) is 10.8. The van der Waals surface area contributed by atoms with Crippen LogP contribution in [0.25, 0.3) is 10.2 Å². The highest BCUT2D eigenvalue weighted by Gasteiger charge is 2.20. The summed E-state index contributed by atoms with van der Waals surface area (Å²) < 4.78 is 6.63. The highest BCUT2D eigenvalue weighted by atomic mass is 35.5. The van der Waals surface area contributed by atoms with Gasteiger partial charge in [-0.25, -0.2) is 4.98 Å². The number of carbonyl (C=O) groups excluding carboxylic acids is 1. The molecule has 0 atom stereocenters. The zero-order valence-electron chi connectivity index (χ0n) is 16.4. The van der Waals surface area contributed by atoms with Crippen molar-refractivity contribution in [3.05, 3.63) is 40.6 Å². The maximum atomic E-state index is 13.0. The minimum Gasteiger partial charge on any atom is -0.494 e. The van der Waals surface area contributed by atoms with Gasteiger partial charge in [-0.05, 0) is 63.6 Å². The molecule has 5 nitrogen and oxygen atoms in total. The van der Waals surface area contributed by atoms with E-state index in [4.69, 9.17) is 9.72 Å². The average molecular weight is 440 g/mol. The molecule has 0 N–H and O–H groups in total. The maximum absolute atomic E-state index is 13.0. The van der Waals surface area contributed by atoms with Crippen molar-refractivity contribution >= 4 is 56.3 Å². The Morgan fingerprint density at radius 2 is 2.04 bits per heavy atom. The molecule has 3 rings (SSSR count). The number of ether oxygens (including phenoxy) is 1. The number of thiophene rings is 1. The van der Waals surface area contributed by atoms with Gasteiger partial charge in [0.05, 0.1) is 23.2 Å². The van der Waals surface area contributed by atoms with Gasteiger partial charge in [0.25, 0.3) is 0 Å². The monoisotopic (exact) mass is 439 g/mol. The van der Waals surface area contributed by atoms with E-state index in [2.05, 4.69) is 4.90 Å². The fraction of sp³-hybridized carbons (Fsp3) is 0.400. The molecule has 0 aliphatic rings. The summed E-state index contributed by atoms with van der Waals surface area (Å²) in [7, 11) is 4.09. The number of nitrogens with zero attached hydrogens (tertiary/aromatic N) is 3. The number of hydrogen-bond acceptors (Lipinski definition) is 6. The van der Waals surface area contributed by atoms with E-state index in [1.165, 1.54) is 0 Å². The van der Waals surface area contributed by atoms with Crippen LogP contribution in [-0.4, -0.2) is 49.6 Å². The van der Waals surface area contributed by atoms with E-state index in [1.807, 2.05) is 61.6 Å². The molecule has 0 aliphatic heterocycles. The lowest BCUT2D eigenvalue weighted by atomic mass is 10.3. The zero-order valence-corrected chi connectivity index (χ0v) is 18.8. The molecule has 0 aliphatic carbocycles. The zero-order chi connectivity index (χ0) is 19.2. The van der Waals surface area contributed by atoms with Gasteiger partial charge >= 0.3 is 0 Å². The lowest BCUT2D eigenvalue weighted by Crippen LogP contribution is -2.34. The second-order valence-corrected chi connectivity index (χ2v) is 8.56. The number of rotatable bonds is 9. The number of amides is 1. The molecule has 0 radical (unpaired) electrons. The molecule has 0 spiro atoms. The Labute approximate surface area is 180 Å². The smallest absolute Gasteiger partial charge is 0.234 e. The van der Waals surface area contributed by atoms with E-state index in [0.29, 0.717) is 19.6 Å². The van der Waals surface area contributed by atoms with Gasteiger partial charge in [-0.3, -0.25) is 9.69 Å². The highest BCUT2D eigenvalue weighted by molar-refractivity contribution is 7.22. The maximum Gasteiger partial charge on any atom is 0.234 e. The number of fused-ring (bicyclic) bond motifs is 1. The number of thiazole rings is 1. The lowest BCUT2D eigenvalue weighted by Gasteiger charge is -2.20. The molecular formula is C20H26ClN3O2S2. The second kappa shape index (κ2) is 10.8. The Hall–Kier alpha value is -1.67. The molecule has 0 saturated carbocycles. The predicted molar refractivity (Wildman–Crippen MR) is 122 cm³/mol. The number of carbonyl (C=O) groups is 1. The molecule has 0 unspecified atom stereocenters. The van der Waals surface area contributed by atoms with Crippen molar-refractivity contribution in [2.75, 3.05) is 38.7 Å². The van der Waals surface area contributed by atoms with Crippen LogP contribution in [0, 0.1) is 0 Å². The van der Waals surface area contributed by atoms with Crippen molar-refractivity contribution in [1.29, 1.82) is 0 Å². The molecule has 152 valence electrons. The third-order valence-corrected chi connectivity index (χ3v) is 6.00. The van der Waals surface area contributed by atoms with Crippen LogP contribution >= 0.6 is 35.1 Å². The molecule has 0 saturated heterocycles. The number of halogens is 1. The molecular weight excluding hydrogens is 414 g/mol. The molecule has 0 fully saturated rings. The summed E-state index contributed by atoms with van der Waals surface area (Å²) >= 11 is 3.16. The van der Waals surface area contributed by atoms with Crippen LogP contribution < -0.4 is 9.64 Å². The van der Waals surface area contributed by atoms with Gasteiger partial charge in [0, 0.05) is 11.4 Å². The topological polar surface area (TPSA) is 45.7 Å². The van der Waals surface area contributed by atoms with Crippen molar-refractivity contribution in [3.8, 4) is 5.75 Å². The van der Waals surface area contributed by atoms with E-state index in [1.54, 1.807) is 22.7 Å². The fourth-order valence-electron chi connectivity index (χ4n) is 2.79. The van der Waals surface area contributed by atoms with Crippen molar-refractivity contribution in [2.24, 2.45) is 0 Å². The van der Waals surface area contributed by atoms with Crippen LogP contribution in [0.2, 0.25) is 0 Å². The first kappa shape index (κ1) is 22.6. The predicted octanol–water partition coefficient (Wildman–Crippen LogP) is 4.71. The third-order valence-electron chi connectivity index (χ3n) is 4.08. The summed E-state index contributed by atoms with van der Waals surface area (Å²) in [6.45, 7) is 4.20. The quantitative estimate of drug-likeness (QED) is 0.484. The third kappa shape index (κ3) is 5.91. The Bertz CT molecular complexity index is 881. The summed E-state index contributed by atoms with van der Waals surface area (Å²) in [5.41, 5.74) is 0.903. The summed E-state index contributed by atoms with van der Waals surface area (Å²) in [5.74, 6) is 0.935. The summed E-state index contributed by atoms with van der Waals surface area (Å²) in [5, 5.41) is 2.77. The van der Waals surface area contributed by atoms with E-state index < -0.39 is 0 Å². The van der Waals surface area contributed by atoms with Crippen LogP contribution in [0.15, 0.2) is 35.7 Å². The molecule has 2 aromatic heterocycles. The highest BCUT2D eigenvalue weighted by Crippen LogP contribution is 2.32. The van der Waals surface area contributed by atoms with Crippen molar-refractivity contribution in [1.82, 2.24) is 9.88 Å². The van der Waals surface area contributed by atoms with E-state index >= 15 is 0 Å². The summed E-state index contributed by atoms with van der Waals surface area (Å²) in [4.78, 5) is 22.8. The standard InChI is InChI=1S/C20H25N3O2S2.ClH/c1-4-25-15-8-9-17-18(13-15)27-20(21-17)23(11-6-10-22(2)3)19(24)14-16-7-5-12-26-16;/h5,7-9,12-13H,4,6,10-11,14H2,1-3H3;1H. The molecule has 1 aromatic carbocycles. The van der Waals surface area contributed by atoms with Crippen molar-refractivity contribution in [3.63, 3.8) is 0 Å². The van der Waals surface area contributed by atoms with Crippen molar-refractivity contribution < 1.29 is 9.53 Å². The number of anilines is 1. The minimum atomic E-state index is 0. The van der Waals surface area contributed by atoms with Crippen LogP contribution in [-0.2, 0) is 11.2 Å². The van der Waals surface area contributed by atoms with Gasteiger partial charge in [-0.2, -0.15) is 0 Å². The molecule has 28 heavy (non-hydrogen) atoms. The van der Waals surface area contributed by atoms with Gasteiger partial charge in [-0.15, -0.1) is 23.7 Å². The Morgan fingerprint density at radius 1 is 1.21 bits per heavy atom. The van der Waals surface area contributed by atoms with Crippen molar-refractivity contribution in [2.45, 2.75) is 19.8 Å². The molecule has 8 heteroatoms. The normalized spacial score (nSPS) is 10.9. The molecule has 1 amide bonds. The largest absolute Gasteiger partial charge is 0.494 e. The first-order valence-electron chi connectivity index (χ1n) is 9.07. The number of hydrogen-bond donors (Lipinski definition) is 0. The van der Waals surface area contributed by atoms with E-state index in [-0.39, 0.29) is 18.3 Å². The van der Waals surface area contributed by atoms with Crippen LogP contribution in [0.1, 0.15) is 18.2 Å². The van der Waals surface area contributed by atoms with Gasteiger partial charge < -0.3 is 9.64 Å². The molecule has 0 bridgehead atoms. The van der Waals surface area contributed by atoms with Gasteiger partial charge in [0.1, 0.15) is 5.75 Å². The average Bonchev–Trinajstić information content (AvgIpc) is 3.27. The SMILES string of the molecule is CCOc1ccc2nc(N(CCCN(C)C)C(=O)Cc3cccs3)sc2c1.Cl. The minimum absolute atomic E-state index is 0. The Morgan fingerprint density at radius 3 is 2.71 bits per heavy atom. The van der Waals surface area contributed by atoms with E-state index in [9.17, 15) is 4.79 Å². The van der Waals surface area contributed by atoms with Crippen LogP contribution in [0.3, 0.4) is 0 Å². The Balaban J connectivity index is 0.00000280. The number of aromatic nitrogens is 1. The molecule has 3 aromatic rings. The summed E-state index contributed by atoms with van der Waals surface area (Å²) in [6, 6.07) is 9.88. The fourth-order valence-corrected chi connectivity index (χ4v) is 4.53. The van der Waals surface area contributed by atoms with Crippen LogP contribution in [0.5, 0.6) is 5.75 Å². The van der Waals surface area contributed by atoms with Gasteiger partial charge in [0.2, 0.25) is 5.91 Å².